The SMILES string of the molecule is CC(C)CC1(C)C[N+]12CCN(CCON(C)CCOC(C)(C)Cc1cn(CCOC(C)(C)CCOC(C)(C)CC(=O)C(C)C)nn1)C(CO)C2. The number of ketones is 1. The second-order valence-electron chi connectivity index (χ2n) is 17.9. The molecule has 1 aromatic heterocycles. The van der Waals surface area contributed by atoms with E-state index in [1.54, 1.807) is 0 Å². The van der Waals surface area contributed by atoms with Crippen molar-refractivity contribution in [1.29, 1.82) is 0 Å². The number of nitrogens with zero attached hydrogens (tertiary/aromatic N) is 6. The number of rotatable bonds is 24. The molecular weight excluding hydrogens is 636 g/mol. The highest BCUT2D eigenvalue weighted by molar-refractivity contribution is 5.81. The van der Waals surface area contributed by atoms with Gasteiger partial charge in [-0.25, -0.2) is 4.68 Å². The predicted molar refractivity (Wildman–Crippen MR) is 197 cm³/mol. The molecule has 3 unspecified atom stereocenters. The molecule has 1 N–H and O–H groups in total. The predicted octanol–water partition coefficient (Wildman–Crippen LogP) is 4.39. The van der Waals surface area contributed by atoms with Crippen LogP contribution in [0.1, 0.15) is 101 Å². The quantitative estimate of drug-likeness (QED) is 0.0944. The van der Waals surface area contributed by atoms with E-state index in [1.165, 1.54) is 17.4 Å². The Kier molecular flexibility index (Phi) is 15.5. The van der Waals surface area contributed by atoms with Crippen molar-refractivity contribution in [1.82, 2.24) is 25.0 Å². The van der Waals surface area contributed by atoms with Gasteiger partial charge in [0.25, 0.3) is 0 Å². The van der Waals surface area contributed by atoms with E-state index in [2.05, 4.69) is 63.7 Å². The van der Waals surface area contributed by atoms with Crippen LogP contribution in [0, 0.1) is 11.8 Å². The Labute approximate surface area is 303 Å². The van der Waals surface area contributed by atoms with Crippen molar-refractivity contribution in [3.8, 4) is 0 Å². The Morgan fingerprint density at radius 2 is 1.70 bits per heavy atom. The molecule has 3 heterocycles. The molecule has 0 aromatic carbocycles. The summed E-state index contributed by atoms with van der Waals surface area (Å²) in [6, 6.07) is 0.199. The first kappa shape index (κ1) is 42.9. The normalized spacial score (nSPS) is 23.6. The number of hydrogen-bond donors (Lipinski definition) is 1. The van der Waals surface area contributed by atoms with Gasteiger partial charge < -0.3 is 23.8 Å². The van der Waals surface area contributed by atoms with E-state index in [1.807, 2.05) is 50.7 Å². The van der Waals surface area contributed by atoms with Crippen molar-refractivity contribution in [2.45, 2.75) is 137 Å². The lowest BCUT2D eigenvalue weighted by Gasteiger charge is -2.41. The lowest BCUT2D eigenvalue weighted by atomic mass is 9.95. The molecule has 0 bridgehead atoms. The fourth-order valence-corrected chi connectivity index (χ4v) is 7.55. The highest BCUT2D eigenvalue weighted by Gasteiger charge is 2.67. The maximum absolute atomic E-state index is 12.1. The standard InChI is InChI=1S/C38H73N6O6/c1-30(2)23-38(11)29-44(38)18-14-42(33(27-44)28-45)16-22-50-41(12)15-20-49-36(7,8)24-32-26-43(40-39-32)17-21-48-35(5,6)13-19-47-37(9,10)25-34(46)31(3)4/h26,30-31,33,45H,13-25,27-29H2,1-12H3/q+1. The maximum Gasteiger partial charge on any atom is 0.146 e. The smallest absolute Gasteiger partial charge is 0.146 e. The minimum Gasteiger partial charge on any atom is -0.395 e. The zero-order chi connectivity index (χ0) is 37.4. The topological polar surface area (TPSA) is 111 Å². The van der Waals surface area contributed by atoms with Gasteiger partial charge in [0.2, 0.25) is 0 Å². The minimum absolute atomic E-state index is 0.0186. The van der Waals surface area contributed by atoms with Crippen LogP contribution in [0.15, 0.2) is 6.20 Å². The number of aliphatic hydroxyl groups excluding tert-OH is 1. The van der Waals surface area contributed by atoms with Crippen LogP contribution in [-0.4, -0.2) is 148 Å². The van der Waals surface area contributed by atoms with Crippen molar-refractivity contribution in [3.63, 3.8) is 0 Å². The van der Waals surface area contributed by atoms with Gasteiger partial charge in [0, 0.05) is 58.1 Å². The number of likely N-dealkylation sites (N-methyl/N-ethyl adjacent to an activating group) is 1. The van der Waals surface area contributed by atoms with Crippen molar-refractivity contribution in [2.24, 2.45) is 11.8 Å². The van der Waals surface area contributed by atoms with Crippen LogP contribution in [0.4, 0.5) is 0 Å². The van der Waals surface area contributed by atoms with E-state index in [0.717, 1.165) is 38.3 Å². The lowest BCUT2D eigenvalue weighted by molar-refractivity contribution is -0.838. The Morgan fingerprint density at radius 1 is 1.02 bits per heavy atom. The summed E-state index contributed by atoms with van der Waals surface area (Å²) >= 11 is 0. The monoisotopic (exact) mass is 710 g/mol. The third-order valence-corrected chi connectivity index (χ3v) is 10.7. The molecular formula is C38H73N6O6+. The number of carbonyl (C=O) groups is 1. The number of carbonyl (C=O) groups excluding carboxylic acids is 1. The minimum atomic E-state index is -0.482. The van der Waals surface area contributed by atoms with Gasteiger partial charge in [-0.05, 0) is 60.8 Å². The number of hydrogen-bond acceptors (Lipinski definition) is 10. The number of quaternary nitrogens is 1. The number of aliphatic hydroxyl groups is 1. The summed E-state index contributed by atoms with van der Waals surface area (Å²) in [5.74, 6) is 0.945. The number of aromatic nitrogens is 3. The Hall–Kier alpha value is -1.51. The molecule has 12 nitrogen and oxygen atoms in total. The second-order valence-corrected chi connectivity index (χ2v) is 17.9. The molecule has 1 aromatic rings. The third-order valence-electron chi connectivity index (χ3n) is 10.7. The molecule has 0 saturated carbocycles. The zero-order valence-corrected chi connectivity index (χ0v) is 33.8. The fraction of sp³-hybridized carbons (Fsp3) is 0.921. The van der Waals surface area contributed by atoms with Crippen molar-refractivity contribution in [3.05, 3.63) is 11.9 Å². The summed E-state index contributed by atoms with van der Waals surface area (Å²) in [6.07, 6.45) is 5.00. The third kappa shape index (κ3) is 13.5. The molecule has 2 saturated heterocycles. The highest BCUT2D eigenvalue weighted by atomic mass is 16.7. The second kappa shape index (κ2) is 18.0. The van der Waals surface area contributed by atoms with Crippen LogP contribution >= 0.6 is 0 Å². The number of piperazine rings is 1. The van der Waals surface area contributed by atoms with E-state index in [4.69, 9.17) is 19.0 Å². The van der Waals surface area contributed by atoms with Gasteiger partial charge in [-0.15, -0.1) is 5.10 Å². The molecule has 290 valence electrons. The van der Waals surface area contributed by atoms with Gasteiger partial charge >= 0.3 is 0 Å². The number of hydroxylamine groups is 2. The first-order valence-electron chi connectivity index (χ1n) is 19.1. The van der Waals surface area contributed by atoms with E-state index in [0.29, 0.717) is 63.8 Å². The number of ether oxygens (including phenoxy) is 3. The van der Waals surface area contributed by atoms with Gasteiger partial charge in [0.15, 0.2) is 0 Å². The van der Waals surface area contributed by atoms with E-state index in [9.17, 15) is 9.90 Å². The molecule has 2 fully saturated rings. The zero-order valence-electron chi connectivity index (χ0n) is 33.8. The summed E-state index contributed by atoms with van der Waals surface area (Å²) in [7, 11) is 1.95. The van der Waals surface area contributed by atoms with E-state index in [-0.39, 0.29) is 30.0 Å². The Morgan fingerprint density at radius 3 is 2.36 bits per heavy atom. The van der Waals surface area contributed by atoms with Crippen LogP contribution in [-0.2, 0) is 36.8 Å². The maximum atomic E-state index is 12.1. The molecule has 12 heteroatoms. The molecule has 1 spiro atoms. The van der Waals surface area contributed by atoms with Crippen molar-refractivity contribution in [2.75, 3.05) is 79.4 Å². The highest BCUT2D eigenvalue weighted by Crippen LogP contribution is 2.48. The summed E-state index contributed by atoms with van der Waals surface area (Å²) in [5, 5.41) is 20.7. The van der Waals surface area contributed by atoms with Crippen LogP contribution in [0.3, 0.4) is 0 Å². The molecule has 0 aliphatic carbocycles. The van der Waals surface area contributed by atoms with Gasteiger partial charge in [-0.3, -0.25) is 14.5 Å². The summed E-state index contributed by atoms with van der Waals surface area (Å²) in [6.45, 7) is 32.0. The molecule has 2 aliphatic heterocycles. The number of Topliss-reactive ketones (excluding diaryl/α,β-unsaturated/α-hetero) is 1. The molecule has 0 amide bonds. The first-order valence-corrected chi connectivity index (χ1v) is 19.1. The first-order chi connectivity index (χ1) is 23.2. The lowest BCUT2D eigenvalue weighted by Crippen LogP contribution is -2.59. The van der Waals surface area contributed by atoms with E-state index >= 15 is 0 Å². The van der Waals surface area contributed by atoms with Crippen LogP contribution in [0.25, 0.3) is 0 Å². The van der Waals surface area contributed by atoms with E-state index < -0.39 is 11.2 Å². The fourth-order valence-electron chi connectivity index (χ4n) is 7.55. The molecule has 50 heavy (non-hydrogen) atoms. The van der Waals surface area contributed by atoms with Crippen molar-refractivity contribution < 1.29 is 33.4 Å². The Bertz CT molecular complexity index is 1190. The van der Waals surface area contributed by atoms with Crippen LogP contribution in [0.5, 0.6) is 0 Å². The van der Waals surface area contributed by atoms with Crippen LogP contribution in [0.2, 0.25) is 0 Å². The molecule has 3 rings (SSSR count). The van der Waals surface area contributed by atoms with Crippen molar-refractivity contribution >= 4 is 5.78 Å². The average Bonchev–Trinajstić information content (AvgIpc) is 3.27. The van der Waals surface area contributed by atoms with Gasteiger partial charge in [-0.2, -0.15) is 5.06 Å². The average molecular weight is 710 g/mol. The van der Waals surface area contributed by atoms with Gasteiger partial charge in [-0.1, -0.05) is 32.9 Å². The van der Waals surface area contributed by atoms with Crippen LogP contribution < -0.4 is 0 Å². The molecule has 0 radical (unpaired) electrons. The largest absolute Gasteiger partial charge is 0.395 e. The Balaban J connectivity index is 1.29. The summed E-state index contributed by atoms with van der Waals surface area (Å²) < 4.78 is 21.4. The summed E-state index contributed by atoms with van der Waals surface area (Å²) in [4.78, 5) is 20.6. The van der Waals surface area contributed by atoms with Gasteiger partial charge in [0.1, 0.15) is 17.9 Å². The molecule has 3 atom stereocenters. The molecule has 2 aliphatic rings. The summed E-state index contributed by atoms with van der Waals surface area (Å²) in [5.41, 5.74) is 0.00846. The van der Waals surface area contributed by atoms with Gasteiger partial charge in [0.05, 0.1) is 81.2 Å².